The van der Waals surface area contributed by atoms with Gasteiger partial charge in [0.05, 0.1) is 12.9 Å². The summed E-state index contributed by atoms with van der Waals surface area (Å²) < 4.78 is 2.95. The maximum atomic E-state index is 12.6. The highest BCUT2D eigenvalue weighted by Crippen LogP contribution is 2.14. The van der Waals surface area contributed by atoms with Crippen molar-refractivity contribution in [2.24, 2.45) is 0 Å². The third kappa shape index (κ3) is 2.14. The van der Waals surface area contributed by atoms with E-state index in [1.165, 1.54) is 22.7 Å². The third-order valence-electron chi connectivity index (χ3n) is 3.84. The van der Waals surface area contributed by atoms with E-state index in [1.54, 1.807) is 10.9 Å². The van der Waals surface area contributed by atoms with E-state index in [0.717, 1.165) is 5.56 Å². The quantitative estimate of drug-likeness (QED) is 0.621. The number of imidazole rings is 1. The molecule has 0 spiro atoms. The number of carbonyl (C=O) groups is 1. The number of benzene rings is 1. The van der Waals surface area contributed by atoms with Crippen LogP contribution < -0.4 is 5.56 Å². The first-order chi connectivity index (χ1) is 11.6. The van der Waals surface area contributed by atoms with E-state index >= 15 is 0 Å². The van der Waals surface area contributed by atoms with Crippen molar-refractivity contribution in [3.63, 3.8) is 0 Å². The molecule has 3 aromatic heterocycles. The summed E-state index contributed by atoms with van der Waals surface area (Å²) in [5.41, 5.74) is 1.32. The van der Waals surface area contributed by atoms with E-state index < -0.39 is 5.97 Å². The highest BCUT2D eigenvalue weighted by Gasteiger charge is 2.16. The average Bonchev–Trinajstić information content (AvgIpc) is 2.98. The number of hydrogen-bond donors (Lipinski definition) is 1. The van der Waals surface area contributed by atoms with Gasteiger partial charge in [0.25, 0.3) is 5.56 Å². The van der Waals surface area contributed by atoms with Gasteiger partial charge in [-0.15, -0.1) is 0 Å². The van der Waals surface area contributed by atoms with Crippen molar-refractivity contribution in [1.29, 1.82) is 0 Å². The summed E-state index contributed by atoms with van der Waals surface area (Å²) in [6, 6.07) is 12.6. The predicted octanol–water partition coefficient (Wildman–Crippen LogP) is 1.79. The van der Waals surface area contributed by atoms with Crippen molar-refractivity contribution in [3.05, 3.63) is 76.5 Å². The summed E-state index contributed by atoms with van der Waals surface area (Å²) in [7, 11) is 0. The number of fused-ring (bicyclic) bond motifs is 2. The normalized spacial score (nSPS) is 11.2. The number of nitrogens with zero attached hydrogens (tertiary/aromatic N) is 4. The first-order valence-electron chi connectivity index (χ1n) is 7.28. The highest BCUT2D eigenvalue weighted by atomic mass is 16.4. The van der Waals surface area contributed by atoms with Crippen molar-refractivity contribution in [1.82, 2.24) is 18.9 Å². The Morgan fingerprint density at radius 3 is 2.62 bits per heavy atom. The zero-order chi connectivity index (χ0) is 16.7. The molecule has 0 amide bonds. The molecule has 0 saturated carbocycles. The summed E-state index contributed by atoms with van der Waals surface area (Å²) in [6.45, 7) is 0.495. The Balaban J connectivity index is 1.99. The first kappa shape index (κ1) is 14.1. The number of carboxylic acids is 1. The van der Waals surface area contributed by atoms with Gasteiger partial charge in [0, 0.05) is 6.20 Å². The Morgan fingerprint density at radius 1 is 1.08 bits per heavy atom. The van der Waals surface area contributed by atoms with Crippen LogP contribution in [0, 0.1) is 0 Å². The smallest absolute Gasteiger partial charge is 0.339 e. The third-order valence-corrected chi connectivity index (χ3v) is 3.84. The van der Waals surface area contributed by atoms with Gasteiger partial charge in [-0.2, -0.15) is 0 Å². The number of carboxylic acid groups (broad SMARTS) is 1. The van der Waals surface area contributed by atoms with Crippen molar-refractivity contribution >= 4 is 22.8 Å². The number of aromatic carboxylic acids is 1. The minimum atomic E-state index is -1.13. The van der Waals surface area contributed by atoms with E-state index in [2.05, 4.69) is 9.97 Å². The molecule has 4 aromatic rings. The lowest BCUT2D eigenvalue weighted by Gasteiger charge is -2.06. The van der Waals surface area contributed by atoms with Crippen LogP contribution in [0.1, 0.15) is 15.9 Å². The fourth-order valence-corrected chi connectivity index (χ4v) is 2.70. The van der Waals surface area contributed by atoms with E-state index in [9.17, 15) is 14.7 Å². The molecule has 0 unspecified atom stereocenters. The second-order valence-electron chi connectivity index (χ2n) is 5.37. The Labute approximate surface area is 135 Å². The van der Waals surface area contributed by atoms with Gasteiger partial charge in [-0.25, -0.2) is 14.8 Å². The van der Waals surface area contributed by atoms with Crippen LogP contribution in [0.4, 0.5) is 0 Å². The molecule has 0 aliphatic rings. The Bertz CT molecular complexity index is 1130. The Morgan fingerprint density at radius 2 is 1.88 bits per heavy atom. The minimum absolute atomic E-state index is 0.0241. The molecule has 0 bridgehead atoms. The molecule has 0 fully saturated rings. The molecule has 24 heavy (non-hydrogen) atoms. The maximum absolute atomic E-state index is 12.6. The van der Waals surface area contributed by atoms with E-state index in [4.69, 9.17) is 0 Å². The van der Waals surface area contributed by atoms with Crippen LogP contribution in [-0.4, -0.2) is 30.0 Å². The molecule has 0 saturated heterocycles. The molecule has 0 atom stereocenters. The lowest BCUT2D eigenvalue weighted by molar-refractivity contribution is 0.0698. The molecular formula is C17H12N4O3. The molecule has 4 rings (SSSR count). The minimum Gasteiger partial charge on any atom is -0.478 e. The van der Waals surface area contributed by atoms with Gasteiger partial charge in [0.15, 0.2) is 16.8 Å². The lowest BCUT2D eigenvalue weighted by atomic mass is 10.2. The number of rotatable bonds is 3. The van der Waals surface area contributed by atoms with Crippen molar-refractivity contribution < 1.29 is 9.90 Å². The van der Waals surface area contributed by atoms with Gasteiger partial charge >= 0.3 is 5.97 Å². The van der Waals surface area contributed by atoms with Gasteiger partial charge in [-0.05, 0) is 17.7 Å². The van der Waals surface area contributed by atoms with Gasteiger partial charge < -0.3 is 9.67 Å². The lowest BCUT2D eigenvalue weighted by Crippen LogP contribution is -2.18. The molecule has 7 heteroatoms. The van der Waals surface area contributed by atoms with Gasteiger partial charge in [0.2, 0.25) is 0 Å². The monoisotopic (exact) mass is 320 g/mol. The molecule has 1 N–H and O–H groups in total. The molecule has 0 radical (unpaired) electrons. The van der Waals surface area contributed by atoms with E-state index in [1.807, 2.05) is 30.3 Å². The Hall–Kier alpha value is -3.48. The van der Waals surface area contributed by atoms with Crippen molar-refractivity contribution in [2.45, 2.75) is 6.54 Å². The number of hydrogen-bond acceptors (Lipinski definition) is 4. The van der Waals surface area contributed by atoms with Crippen LogP contribution in [-0.2, 0) is 6.54 Å². The van der Waals surface area contributed by atoms with Crippen LogP contribution in [0.5, 0.6) is 0 Å². The summed E-state index contributed by atoms with van der Waals surface area (Å²) in [5, 5.41) is 9.32. The average molecular weight is 320 g/mol. The second kappa shape index (κ2) is 5.31. The first-order valence-corrected chi connectivity index (χ1v) is 7.28. The molecule has 3 heterocycles. The summed E-state index contributed by atoms with van der Waals surface area (Å²) in [4.78, 5) is 32.5. The zero-order valence-corrected chi connectivity index (χ0v) is 12.5. The van der Waals surface area contributed by atoms with Crippen LogP contribution in [0.2, 0.25) is 0 Å². The zero-order valence-electron chi connectivity index (χ0n) is 12.5. The number of pyridine rings is 1. The maximum Gasteiger partial charge on any atom is 0.339 e. The SMILES string of the molecule is O=C(O)c1cccn2c(=O)c3ncn(Cc4ccccc4)c3nc12. The van der Waals surface area contributed by atoms with E-state index in [0.29, 0.717) is 12.2 Å². The Kier molecular flexibility index (Phi) is 3.13. The van der Waals surface area contributed by atoms with Crippen LogP contribution in [0.25, 0.3) is 16.8 Å². The van der Waals surface area contributed by atoms with Gasteiger partial charge in [0.1, 0.15) is 5.56 Å². The standard InChI is InChI=1S/C17H12N4O3/c22-16-13-15(19-14-12(17(23)24)7-4-8-21(14)16)20(10-18-13)9-11-5-2-1-3-6-11/h1-8,10H,9H2,(H,23,24). The topological polar surface area (TPSA) is 89.5 Å². The summed E-state index contributed by atoms with van der Waals surface area (Å²) in [6.07, 6.45) is 3.04. The van der Waals surface area contributed by atoms with Crippen molar-refractivity contribution in [2.75, 3.05) is 0 Å². The fourth-order valence-electron chi connectivity index (χ4n) is 2.70. The van der Waals surface area contributed by atoms with Crippen molar-refractivity contribution in [3.8, 4) is 0 Å². The number of aromatic nitrogens is 4. The molecule has 1 aromatic carbocycles. The molecule has 7 nitrogen and oxygen atoms in total. The van der Waals surface area contributed by atoms with Crippen LogP contribution in [0.15, 0.2) is 59.8 Å². The predicted molar refractivity (Wildman–Crippen MR) is 87.3 cm³/mol. The summed E-state index contributed by atoms with van der Waals surface area (Å²) in [5.74, 6) is -1.13. The summed E-state index contributed by atoms with van der Waals surface area (Å²) >= 11 is 0. The molecular weight excluding hydrogens is 308 g/mol. The second-order valence-corrected chi connectivity index (χ2v) is 5.37. The van der Waals surface area contributed by atoms with E-state index in [-0.39, 0.29) is 22.3 Å². The fraction of sp³-hybridized carbons (Fsp3) is 0.0588. The molecule has 118 valence electrons. The molecule has 0 aliphatic carbocycles. The largest absolute Gasteiger partial charge is 0.478 e. The van der Waals surface area contributed by atoms with Crippen LogP contribution >= 0.6 is 0 Å². The van der Waals surface area contributed by atoms with Gasteiger partial charge in [-0.1, -0.05) is 30.3 Å². The van der Waals surface area contributed by atoms with Gasteiger partial charge in [-0.3, -0.25) is 9.20 Å². The molecule has 0 aliphatic heterocycles. The highest BCUT2D eigenvalue weighted by molar-refractivity contribution is 5.95. The van der Waals surface area contributed by atoms with Crippen LogP contribution in [0.3, 0.4) is 0 Å².